The Morgan fingerprint density at radius 1 is 1.37 bits per heavy atom. The molecule has 0 aliphatic carbocycles. The zero-order valence-electron chi connectivity index (χ0n) is 9.75. The molecule has 4 nitrogen and oxygen atoms in total. The molecule has 0 aliphatic heterocycles. The van der Waals surface area contributed by atoms with Gasteiger partial charge >= 0.3 is 6.18 Å². The maximum Gasteiger partial charge on any atom is 0.416 e. The second-order valence-electron chi connectivity index (χ2n) is 3.71. The van der Waals surface area contributed by atoms with Crippen molar-refractivity contribution in [2.45, 2.75) is 13.1 Å². The number of hydrogen-bond acceptors (Lipinski definition) is 3. The van der Waals surface area contributed by atoms with E-state index in [1.54, 1.807) is 12.1 Å². The van der Waals surface area contributed by atoms with Gasteiger partial charge in [0, 0.05) is 0 Å². The van der Waals surface area contributed by atoms with Gasteiger partial charge in [-0.15, -0.1) is 0 Å². The van der Waals surface area contributed by atoms with Crippen molar-refractivity contribution in [2.75, 3.05) is 5.32 Å². The Bertz CT molecular complexity index is 581. The van der Waals surface area contributed by atoms with Gasteiger partial charge in [0.2, 0.25) is 5.91 Å². The van der Waals surface area contributed by atoms with Crippen molar-refractivity contribution in [2.24, 2.45) is 5.92 Å². The second kappa shape index (κ2) is 5.40. The first-order chi connectivity index (χ1) is 8.79. The highest BCUT2D eigenvalue weighted by Gasteiger charge is 2.31. The number of hydrogen-bond donors (Lipinski definition) is 1. The van der Waals surface area contributed by atoms with Gasteiger partial charge in [0.05, 0.1) is 22.9 Å². The number of anilines is 1. The first kappa shape index (κ1) is 14.5. The maximum atomic E-state index is 12.4. The van der Waals surface area contributed by atoms with Crippen molar-refractivity contribution in [3.05, 3.63) is 29.3 Å². The summed E-state index contributed by atoms with van der Waals surface area (Å²) in [5.41, 5.74) is -1.34. The summed E-state index contributed by atoms with van der Waals surface area (Å²) >= 11 is 0. The van der Waals surface area contributed by atoms with E-state index < -0.39 is 23.6 Å². The molecule has 0 bridgehead atoms. The summed E-state index contributed by atoms with van der Waals surface area (Å²) in [6.07, 6.45) is -4.56. The smallest absolute Gasteiger partial charge is 0.324 e. The SMILES string of the molecule is CC(C#N)C(=O)Nc1ccc(C(F)(F)F)cc1C#N. The van der Waals surface area contributed by atoms with Gasteiger partial charge in [0.25, 0.3) is 0 Å². The fourth-order valence-corrected chi connectivity index (χ4v) is 1.22. The Hall–Kier alpha value is -2.54. The average molecular weight is 267 g/mol. The van der Waals surface area contributed by atoms with Crippen LogP contribution >= 0.6 is 0 Å². The van der Waals surface area contributed by atoms with Crippen molar-refractivity contribution in [3.63, 3.8) is 0 Å². The summed E-state index contributed by atoms with van der Waals surface area (Å²) < 4.78 is 37.3. The molecule has 0 fully saturated rings. The van der Waals surface area contributed by atoms with E-state index in [0.717, 1.165) is 12.1 Å². The number of halogens is 3. The third-order valence-corrected chi connectivity index (χ3v) is 2.31. The average Bonchev–Trinajstić information content (AvgIpc) is 2.36. The molecule has 19 heavy (non-hydrogen) atoms. The van der Waals surface area contributed by atoms with Gasteiger partial charge in [-0.25, -0.2) is 0 Å². The minimum absolute atomic E-state index is 0.0531. The molecule has 0 heterocycles. The fraction of sp³-hybridized carbons (Fsp3) is 0.250. The predicted molar refractivity (Wildman–Crippen MR) is 59.6 cm³/mol. The number of alkyl halides is 3. The summed E-state index contributed by atoms with van der Waals surface area (Å²) in [7, 11) is 0. The maximum absolute atomic E-state index is 12.4. The summed E-state index contributed by atoms with van der Waals surface area (Å²) in [5, 5.41) is 19.6. The highest BCUT2D eigenvalue weighted by atomic mass is 19.4. The quantitative estimate of drug-likeness (QED) is 0.894. The lowest BCUT2D eigenvalue weighted by Crippen LogP contribution is -2.19. The van der Waals surface area contributed by atoms with Crippen LogP contribution in [0.2, 0.25) is 0 Å². The Labute approximate surface area is 107 Å². The minimum Gasteiger partial charge on any atom is -0.324 e. The summed E-state index contributed by atoms with van der Waals surface area (Å²) in [4.78, 5) is 11.4. The number of carbonyl (C=O) groups excluding carboxylic acids is 1. The van der Waals surface area contributed by atoms with Gasteiger partial charge in [0.15, 0.2) is 0 Å². The van der Waals surface area contributed by atoms with Gasteiger partial charge in [-0.2, -0.15) is 23.7 Å². The molecule has 1 atom stereocenters. The van der Waals surface area contributed by atoms with E-state index in [1.165, 1.54) is 6.92 Å². The van der Waals surface area contributed by atoms with Crippen LogP contribution in [0.25, 0.3) is 0 Å². The zero-order chi connectivity index (χ0) is 14.6. The number of carbonyl (C=O) groups is 1. The van der Waals surface area contributed by atoms with E-state index in [2.05, 4.69) is 5.32 Å². The lowest BCUT2D eigenvalue weighted by atomic mass is 10.1. The van der Waals surface area contributed by atoms with Crippen molar-refractivity contribution in [1.29, 1.82) is 10.5 Å². The van der Waals surface area contributed by atoms with Crippen LogP contribution in [0.1, 0.15) is 18.1 Å². The number of nitriles is 2. The van der Waals surface area contributed by atoms with Gasteiger partial charge in [-0.1, -0.05) is 0 Å². The van der Waals surface area contributed by atoms with Crippen LogP contribution in [0.5, 0.6) is 0 Å². The highest BCUT2D eigenvalue weighted by molar-refractivity contribution is 5.95. The van der Waals surface area contributed by atoms with Gasteiger partial charge < -0.3 is 5.32 Å². The van der Waals surface area contributed by atoms with Crippen LogP contribution in [0.4, 0.5) is 18.9 Å². The van der Waals surface area contributed by atoms with Crippen LogP contribution in [0.15, 0.2) is 18.2 Å². The molecule has 7 heteroatoms. The largest absolute Gasteiger partial charge is 0.416 e. The van der Waals surface area contributed by atoms with Gasteiger partial charge in [-0.05, 0) is 25.1 Å². The van der Waals surface area contributed by atoms with E-state index in [9.17, 15) is 18.0 Å². The van der Waals surface area contributed by atoms with Crippen LogP contribution in [0.3, 0.4) is 0 Å². The third kappa shape index (κ3) is 3.46. The normalized spacial score (nSPS) is 12.1. The molecule has 1 aromatic carbocycles. The lowest BCUT2D eigenvalue weighted by Gasteiger charge is -2.11. The van der Waals surface area contributed by atoms with Crippen LogP contribution in [-0.4, -0.2) is 5.91 Å². The topological polar surface area (TPSA) is 76.7 Å². The first-order valence-corrected chi connectivity index (χ1v) is 5.11. The zero-order valence-corrected chi connectivity index (χ0v) is 9.75. The molecule has 0 aliphatic rings. The van der Waals surface area contributed by atoms with Crippen molar-refractivity contribution in [3.8, 4) is 12.1 Å². The molecular weight excluding hydrogens is 259 g/mol. The standard InChI is InChI=1S/C12H8F3N3O/c1-7(5-16)11(19)18-10-3-2-9(12(13,14)15)4-8(10)6-17/h2-4,7H,1H3,(H,18,19). The Morgan fingerprint density at radius 3 is 2.47 bits per heavy atom. The summed E-state index contributed by atoms with van der Waals surface area (Å²) in [6.45, 7) is 1.34. The van der Waals surface area contributed by atoms with E-state index >= 15 is 0 Å². The minimum atomic E-state index is -4.56. The molecule has 0 radical (unpaired) electrons. The van der Waals surface area contributed by atoms with Crippen LogP contribution in [-0.2, 0) is 11.0 Å². The van der Waals surface area contributed by atoms with Crippen molar-refractivity contribution >= 4 is 11.6 Å². The Morgan fingerprint density at radius 2 is 2.00 bits per heavy atom. The van der Waals surface area contributed by atoms with E-state index in [-0.39, 0.29) is 11.3 Å². The van der Waals surface area contributed by atoms with Crippen LogP contribution < -0.4 is 5.32 Å². The molecule has 98 valence electrons. The van der Waals surface area contributed by atoms with Gasteiger partial charge in [0.1, 0.15) is 12.0 Å². The van der Waals surface area contributed by atoms with E-state index in [0.29, 0.717) is 6.07 Å². The lowest BCUT2D eigenvalue weighted by molar-refractivity contribution is -0.137. The van der Waals surface area contributed by atoms with Crippen LogP contribution in [0, 0.1) is 28.6 Å². The van der Waals surface area contributed by atoms with Crippen molar-refractivity contribution in [1.82, 2.24) is 0 Å². The summed E-state index contributed by atoms with van der Waals surface area (Å²) in [6, 6.07) is 5.65. The predicted octanol–water partition coefficient (Wildman–Crippen LogP) is 2.68. The van der Waals surface area contributed by atoms with E-state index in [1.807, 2.05) is 0 Å². The third-order valence-electron chi connectivity index (χ3n) is 2.31. The molecule has 1 amide bonds. The molecule has 0 aromatic heterocycles. The van der Waals surface area contributed by atoms with Gasteiger partial charge in [-0.3, -0.25) is 4.79 Å². The number of rotatable bonds is 2. The molecular formula is C12H8F3N3O. The first-order valence-electron chi connectivity index (χ1n) is 5.11. The summed E-state index contributed by atoms with van der Waals surface area (Å²) in [5.74, 6) is -1.65. The number of nitrogens with one attached hydrogen (secondary N) is 1. The molecule has 0 spiro atoms. The monoisotopic (exact) mass is 267 g/mol. The fourth-order valence-electron chi connectivity index (χ4n) is 1.22. The molecule has 1 unspecified atom stereocenters. The van der Waals surface area contributed by atoms with Crippen molar-refractivity contribution < 1.29 is 18.0 Å². The molecule has 0 saturated carbocycles. The van der Waals surface area contributed by atoms with E-state index in [4.69, 9.17) is 10.5 Å². The molecule has 1 aromatic rings. The molecule has 0 saturated heterocycles. The highest BCUT2D eigenvalue weighted by Crippen LogP contribution is 2.31. The second-order valence-corrected chi connectivity index (χ2v) is 3.71. The molecule has 1 N–H and O–H groups in total. The Balaban J connectivity index is 3.09. The number of amides is 1. The number of nitrogens with zero attached hydrogens (tertiary/aromatic N) is 2. The number of benzene rings is 1. The molecule has 1 rings (SSSR count). The Kier molecular flexibility index (Phi) is 4.13.